The Hall–Kier alpha value is -3.71. The van der Waals surface area contributed by atoms with Crippen molar-refractivity contribution < 1.29 is 4.39 Å². The summed E-state index contributed by atoms with van der Waals surface area (Å²) < 4.78 is 14.7. The van der Waals surface area contributed by atoms with E-state index in [1.807, 2.05) is 24.3 Å². The molecule has 0 bridgehead atoms. The molecule has 0 unspecified atom stereocenters. The molecule has 33 heavy (non-hydrogen) atoms. The highest BCUT2D eigenvalue weighted by molar-refractivity contribution is 5.90. The van der Waals surface area contributed by atoms with Gasteiger partial charge in [0, 0.05) is 68.5 Å². The lowest BCUT2D eigenvalue weighted by Crippen LogP contribution is -2.44. The minimum Gasteiger partial charge on any atom is -0.393 e. The molecule has 1 saturated heterocycles. The fraction of sp³-hybridized carbons (Fsp3) is 0.231. The summed E-state index contributed by atoms with van der Waals surface area (Å²) in [5.41, 5.74) is 3.19. The van der Waals surface area contributed by atoms with Crippen LogP contribution in [0.25, 0.3) is 22.0 Å². The number of hydrogen-bond acceptors (Lipinski definition) is 6. The van der Waals surface area contributed by atoms with Gasteiger partial charge in [0.2, 0.25) is 0 Å². The number of hydrogen-bond donors (Lipinski definition) is 2. The van der Waals surface area contributed by atoms with Crippen LogP contribution < -0.4 is 15.5 Å². The average Bonchev–Trinajstić information content (AvgIpc) is 2.82. The summed E-state index contributed by atoms with van der Waals surface area (Å²) >= 11 is 0. The Morgan fingerprint density at radius 2 is 1.88 bits per heavy atom. The van der Waals surface area contributed by atoms with E-state index in [2.05, 4.69) is 50.6 Å². The summed E-state index contributed by atoms with van der Waals surface area (Å²) in [5.74, 6) is 1.21. The molecule has 0 spiro atoms. The fourth-order valence-corrected chi connectivity index (χ4v) is 3.91. The molecule has 1 aliphatic rings. The largest absolute Gasteiger partial charge is 0.393 e. The topological polar surface area (TPSA) is 56.3 Å². The van der Waals surface area contributed by atoms with Gasteiger partial charge in [-0.15, -0.1) is 0 Å². The maximum Gasteiger partial charge on any atom is 0.133 e. The van der Waals surface area contributed by atoms with Crippen molar-refractivity contribution in [3.63, 3.8) is 0 Å². The Balaban J connectivity index is 1.57. The molecule has 2 aromatic heterocycles. The standard InChI is InChI=1S/C26H29FN6/c1-5-19(16-28-3)21-12-22-14-25(30-17-23(22)24(27)13-21)31-18(2)20-6-7-29-26(15-20)33-10-8-32(4)9-11-33/h5-7,12-17,28H,1-2,8-11H2,3-4H3,(H,30,31)/b19-16+. The minimum absolute atomic E-state index is 0.324. The predicted octanol–water partition coefficient (Wildman–Crippen LogP) is 4.35. The number of anilines is 2. The second-order valence-electron chi connectivity index (χ2n) is 8.14. The van der Waals surface area contributed by atoms with Gasteiger partial charge in [0.15, 0.2) is 0 Å². The van der Waals surface area contributed by atoms with Crippen molar-refractivity contribution in [3.8, 4) is 0 Å². The highest BCUT2D eigenvalue weighted by atomic mass is 19.1. The molecule has 3 aromatic rings. The molecule has 0 atom stereocenters. The van der Waals surface area contributed by atoms with Crippen LogP contribution in [0.15, 0.2) is 68.2 Å². The number of allylic oxidation sites excluding steroid dienone is 2. The van der Waals surface area contributed by atoms with E-state index in [1.165, 1.54) is 6.07 Å². The number of fused-ring (bicyclic) bond motifs is 1. The number of nitrogens with one attached hydrogen (secondary N) is 2. The smallest absolute Gasteiger partial charge is 0.133 e. The SMILES string of the molecule is C=C/C(=C\NC)c1cc(F)c2cnc(NC(=C)c3ccnc(N4CCN(C)CC4)c3)cc2c1. The molecule has 6 nitrogen and oxygen atoms in total. The lowest BCUT2D eigenvalue weighted by atomic mass is 10.0. The summed E-state index contributed by atoms with van der Waals surface area (Å²) in [7, 11) is 3.93. The number of nitrogens with zero attached hydrogens (tertiary/aromatic N) is 4. The molecule has 0 amide bonds. The highest BCUT2D eigenvalue weighted by Crippen LogP contribution is 2.27. The zero-order valence-corrected chi connectivity index (χ0v) is 19.1. The van der Waals surface area contributed by atoms with Crippen LogP contribution in [0.4, 0.5) is 16.0 Å². The van der Waals surface area contributed by atoms with E-state index in [0.29, 0.717) is 16.9 Å². The Kier molecular flexibility index (Phi) is 6.70. The maximum atomic E-state index is 14.7. The lowest BCUT2D eigenvalue weighted by Gasteiger charge is -2.33. The molecule has 0 radical (unpaired) electrons. The van der Waals surface area contributed by atoms with E-state index in [0.717, 1.165) is 54.1 Å². The molecule has 7 heteroatoms. The third-order valence-corrected chi connectivity index (χ3v) is 5.84. The number of piperazine rings is 1. The van der Waals surface area contributed by atoms with Gasteiger partial charge >= 0.3 is 0 Å². The van der Waals surface area contributed by atoms with E-state index in [-0.39, 0.29) is 5.82 Å². The van der Waals surface area contributed by atoms with Gasteiger partial charge in [-0.05, 0) is 53.9 Å². The van der Waals surface area contributed by atoms with Crippen LogP contribution in [0.1, 0.15) is 11.1 Å². The Bertz CT molecular complexity index is 1210. The minimum atomic E-state index is -0.324. The Labute approximate surface area is 194 Å². The lowest BCUT2D eigenvalue weighted by molar-refractivity contribution is 0.312. The van der Waals surface area contributed by atoms with E-state index in [1.54, 1.807) is 31.7 Å². The zero-order chi connectivity index (χ0) is 23.4. The van der Waals surface area contributed by atoms with Gasteiger partial charge in [0.1, 0.15) is 17.5 Å². The van der Waals surface area contributed by atoms with Crippen LogP contribution in [-0.4, -0.2) is 55.1 Å². The summed E-state index contributed by atoms with van der Waals surface area (Å²) in [6.45, 7) is 11.9. The predicted molar refractivity (Wildman–Crippen MR) is 136 cm³/mol. The molecule has 1 aromatic carbocycles. The van der Waals surface area contributed by atoms with Crippen LogP contribution >= 0.6 is 0 Å². The van der Waals surface area contributed by atoms with E-state index in [4.69, 9.17) is 0 Å². The van der Waals surface area contributed by atoms with Crippen molar-refractivity contribution >= 4 is 33.7 Å². The summed E-state index contributed by atoms with van der Waals surface area (Å²) in [4.78, 5) is 13.5. The molecule has 1 fully saturated rings. The van der Waals surface area contributed by atoms with Gasteiger partial charge in [0.05, 0.1) is 0 Å². The number of likely N-dealkylation sites (N-methyl/N-ethyl adjacent to an activating group) is 1. The number of pyridine rings is 2. The van der Waals surface area contributed by atoms with Crippen LogP contribution in [0.3, 0.4) is 0 Å². The number of aromatic nitrogens is 2. The van der Waals surface area contributed by atoms with Crippen molar-refractivity contribution in [3.05, 3.63) is 85.1 Å². The summed E-state index contributed by atoms with van der Waals surface area (Å²) in [5, 5.41) is 7.44. The normalized spacial score (nSPS) is 14.9. The Morgan fingerprint density at radius 1 is 1.09 bits per heavy atom. The number of benzene rings is 1. The first kappa shape index (κ1) is 22.5. The molecular weight excluding hydrogens is 415 g/mol. The summed E-state index contributed by atoms with van der Waals surface area (Å²) in [6.07, 6.45) is 6.83. The van der Waals surface area contributed by atoms with Crippen LogP contribution in [-0.2, 0) is 0 Å². The van der Waals surface area contributed by atoms with Gasteiger partial charge in [-0.2, -0.15) is 0 Å². The van der Waals surface area contributed by atoms with Crippen molar-refractivity contribution in [1.82, 2.24) is 20.2 Å². The molecule has 170 valence electrons. The third-order valence-electron chi connectivity index (χ3n) is 5.84. The van der Waals surface area contributed by atoms with Gasteiger partial charge < -0.3 is 20.4 Å². The second-order valence-corrected chi connectivity index (χ2v) is 8.14. The first-order valence-electron chi connectivity index (χ1n) is 10.9. The van der Waals surface area contributed by atoms with E-state index >= 15 is 0 Å². The zero-order valence-electron chi connectivity index (χ0n) is 19.1. The molecule has 4 rings (SSSR count). The van der Waals surface area contributed by atoms with Gasteiger partial charge in [0.25, 0.3) is 0 Å². The molecule has 0 aliphatic carbocycles. The third kappa shape index (κ3) is 5.04. The first-order chi connectivity index (χ1) is 16.0. The first-order valence-corrected chi connectivity index (χ1v) is 10.9. The number of halogens is 1. The molecular formula is C26H29FN6. The van der Waals surface area contributed by atoms with Crippen molar-refractivity contribution in [2.24, 2.45) is 0 Å². The molecule has 2 N–H and O–H groups in total. The van der Waals surface area contributed by atoms with E-state index in [9.17, 15) is 4.39 Å². The van der Waals surface area contributed by atoms with Crippen molar-refractivity contribution in [1.29, 1.82) is 0 Å². The average molecular weight is 445 g/mol. The van der Waals surface area contributed by atoms with Crippen LogP contribution in [0.2, 0.25) is 0 Å². The maximum absolute atomic E-state index is 14.7. The molecule has 3 heterocycles. The van der Waals surface area contributed by atoms with Gasteiger partial charge in [-0.3, -0.25) is 0 Å². The summed E-state index contributed by atoms with van der Waals surface area (Å²) in [6, 6.07) is 9.22. The highest BCUT2D eigenvalue weighted by Gasteiger charge is 2.16. The van der Waals surface area contributed by atoms with Crippen molar-refractivity contribution in [2.75, 3.05) is 50.5 Å². The second kappa shape index (κ2) is 9.83. The van der Waals surface area contributed by atoms with E-state index < -0.39 is 0 Å². The van der Waals surface area contributed by atoms with Crippen molar-refractivity contribution in [2.45, 2.75) is 0 Å². The number of rotatable bonds is 7. The molecule has 0 saturated carbocycles. The van der Waals surface area contributed by atoms with Gasteiger partial charge in [-0.1, -0.05) is 19.2 Å². The van der Waals surface area contributed by atoms with Crippen LogP contribution in [0, 0.1) is 5.82 Å². The fourth-order valence-electron chi connectivity index (χ4n) is 3.91. The van der Waals surface area contributed by atoms with Crippen LogP contribution in [0.5, 0.6) is 0 Å². The van der Waals surface area contributed by atoms with Gasteiger partial charge in [-0.25, -0.2) is 14.4 Å². The molecule has 1 aliphatic heterocycles. The Morgan fingerprint density at radius 3 is 2.61 bits per heavy atom. The monoisotopic (exact) mass is 444 g/mol. The quantitative estimate of drug-likeness (QED) is 0.529.